The van der Waals surface area contributed by atoms with Crippen LogP contribution in [0.4, 0.5) is 14.6 Å². The third-order valence-corrected chi connectivity index (χ3v) is 6.07. The summed E-state index contributed by atoms with van der Waals surface area (Å²) >= 11 is 0. The minimum absolute atomic E-state index is 0.254. The van der Waals surface area contributed by atoms with Gasteiger partial charge in [0.2, 0.25) is 0 Å². The second kappa shape index (κ2) is 8.27. The van der Waals surface area contributed by atoms with E-state index < -0.39 is 17.6 Å². The molecule has 0 atom stereocenters. The van der Waals surface area contributed by atoms with E-state index in [1.165, 1.54) is 6.33 Å². The standard InChI is InChI=1S/C25H22F2N4O2/c1-14-10-19-20(26)6-7-21(27)24(19)31(14)9-8-28-23-12-22(29-13-30-23)16-4-5-17(25(32)33)18(11-16)15-2-3-15/h4-7,10-13,15H,2-3,8-9H2,1H3,(H,32,33)(H,28,29,30). The number of benzene rings is 2. The lowest BCUT2D eigenvalue weighted by atomic mass is 9.98. The van der Waals surface area contributed by atoms with E-state index in [1.807, 2.05) is 13.0 Å². The highest BCUT2D eigenvalue weighted by Gasteiger charge is 2.28. The van der Waals surface area contributed by atoms with E-state index in [-0.39, 0.29) is 10.9 Å². The molecule has 2 heterocycles. The average Bonchev–Trinajstić information content (AvgIpc) is 3.60. The van der Waals surface area contributed by atoms with E-state index in [1.54, 1.807) is 28.8 Å². The van der Waals surface area contributed by atoms with Gasteiger partial charge in [0.1, 0.15) is 23.8 Å². The number of aromatic nitrogens is 3. The monoisotopic (exact) mass is 448 g/mol. The Labute approximate surface area is 188 Å². The molecular formula is C25H22F2N4O2. The van der Waals surface area contributed by atoms with Gasteiger partial charge in [0.15, 0.2) is 0 Å². The van der Waals surface area contributed by atoms with Crippen LogP contribution in [-0.4, -0.2) is 32.2 Å². The van der Waals surface area contributed by atoms with E-state index in [4.69, 9.17) is 0 Å². The Bertz CT molecular complexity index is 1380. The smallest absolute Gasteiger partial charge is 0.335 e. The molecule has 0 saturated heterocycles. The maximum atomic E-state index is 14.3. The van der Waals surface area contributed by atoms with Gasteiger partial charge in [-0.15, -0.1) is 0 Å². The Morgan fingerprint density at radius 2 is 1.91 bits per heavy atom. The van der Waals surface area contributed by atoms with Gasteiger partial charge in [-0.05, 0) is 61.6 Å². The van der Waals surface area contributed by atoms with Crippen molar-refractivity contribution in [3.63, 3.8) is 0 Å². The van der Waals surface area contributed by atoms with Gasteiger partial charge in [0.05, 0.1) is 16.8 Å². The van der Waals surface area contributed by atoms with E-state index in [0.29, 0.717) is 36.1 Å². The lowest BCUT2D eigenvalue weighted by Gasteiger charge is -2.12. The van der Waals surface area contributed by atoms with Gasteiger partial charge in [-0.3, -0.25) is 0 Å². The second-order valence-electron chi connectivity index (χ2n) is 8.33. The molecule has 168 valence electrons. The molecule has 1 fully saturated rings. The summed E-state index contributed by atoms with van der Waals surface area (Å²) in [5.74, 6) is -0.935. The SMILES string of the molecule is Cc1cc2c(F)ccc(F)c2n1CCNc1cc(-c2ccc(C(=O)O)c(C3CC3)c2)ncn1. The quantitative estimate of drug-likeness (QED) is 0.397. The second-order valence-corrected chi connectivity index (χ2v) is 8.33. The van der Waals surface area contributed by atoms with Crippen molar-refractivity contribution in [2.45, 2.75) is 32.2 Å². The molecule has 1 aliphatic carbocycles. The third-order valence-electron chi connectivity index (χ3n) is 6.07. The number of fused-ring (bicyclic) bond motifs is 1. The first-order valence-electron chi connectivity index (χ1n) is 10.8. The Balaban J connectivity index is 1.35. The number of aromatic carboxylic acids is 1. The zero-order valence-corrected chi connectivity index (χ0v) is 18.0. The Morgan fingerprint density at radius 1 is 1.12 bits per heavy atom. The predicted octanol–water partition coefficient (Wildman–Crippen LogP) is 5.37. The number of carboxylic acids is 1. The van der Waals surface area contributed by atoms with Crippen LogP contribution in [0, 0.1) is 18.6 Å². The van der Waals surface area contributed by atoms with E-state index in [0.717, 1.165) is 41.8 Å². The molecule has 0 unspecified atom stereocenters. The van der Waals surface area contributed by atoms with Crippen LogP contribution in [0.3, 0.4) is 0 Å². The maximum Gasteiger partial charge on any atom is 0.335 e. The Morgan fingerprint density at radius 3 is 2.67 bits per heavy atom. The average molecular weight is 448 g/mol. The third kappa shape index (κ3) is 4.04. The molecule has 0 spiro atoms. The van der Waals surface area contributed by atoms with Gasteiger partial charge >= 0.3 is 5.97 Å². The van der Waals surface area contributed by atoms with Crippen molar-refractivity contribution in [2.24, 2.45) is 0 Å². The summed E-state index contributed by atoms with van der Waals surface area (Å²) in [5, 5.41) is 12.9. The van der Waals surface area contributed by atoms with Crippen LogP contribution in [-0.2, 0) is 6.54 Å². The summed E-state index contributed by atoms with van der Waals surface area (Å²) in [6.07, 6.45) is 3.45. The van der Waals surface area contributed by atoms with Crippen LogP contribution >= 0.6 is 0 Å². The molecule has 1 aliphatic rings. The largest absolute Gasteiger partial charge is 0.478 e. The first-order valence-corrected chi connectivity index (χ1v) is 10.8. The van der Waals surface area contributed by atoms with Crippen LogP contribution in [0.1, 0.15) is 40.4 Å². The lowest BCUT2D eigenvalue weighted by molar-refractivity contribution is 0.0695. The Hall–Kier alpha value is -3.81. The van der Waals surface area contributed by atoms with E-state index in [2.05, 4.69) is 15.3 Å². The van der Waals surface area contributed by atoms with Gasteiger partial charge in [0, 0.05) is 35.8 Å². The van der Waals surface area contributed by atoms with Crippen LogP contribution in [0.2, 0.25) is 0 Å². The summed E-state index contributed by atoms with van der Waals surface area (Å²) in [7, 11) is 0. The molecular weight excluding hydrogens is 426 g/mol. The summed E-state index contributed by atoms with van der Waals surface area (Å²) in [4.78, 5) is 20.1. The molecule has 5 rings (SSSR count). The van der Waals surface area contributed by atoms with Gasteiger partial charge in [0.25, 0.3) is 0 Å². The highest BCUT2D eigenvalue weighted by molar-refractivity contribution is 5.90. The number of rotatable bonds is 7. The van der Waals surface area contributed by atoms with Crippen molar-refractivity contribution >= 4 is 22.7 Å². The van der Waals surface area contributed by atoms with Gasteiger partial charge in [-0.25, -0.2) is 23.5 Å². The zero-order valence-electron chi connectivity index (χ0n) is 18.0. The molecule has 2 N–H and O–H groups in total. The van der Waals surface area contributed by atoms with Gasteiger partial charge in [-0.2, -0.15) is 0 Å². The molecule has 0 amide bonds. The summed E-state index contributed by atoms with van der Waals surface area (Å²) in [6.45, 7) is 2.69. The zero-order chi connectivity index (χ0) is 23.1. The first kappa shape index (κ1) is 21.1. The van der Waals surface area contributed by atoms with Gasteiger partial charge in [-0.1, -0.05) is 6.07 Å². The molecule has 0 bridgehead atoms. The number of aryl methyl sites for hydroxylation is 1. The highest BCUT2D eigenvalue weighted by Crippen LogP contribution is 2.43. The lowest BCUT2D eigenvalue weighted by Crippen LogP contribution is -2.13. The van der Waals surface area contributed by atoms with Gasteiger partial charge < -0.3 is 15.0 Å². The first-order chi connectivity index (χ1) is 15.9. The number of hydrogen-bond donors (Lipinski definition) is 2. The minimum Gasteiger partial charge on any atom is -0.478 e. The summed E-state index contributed by atoms with van der Waals surface area (Å²) in [6, 6.07) is 11.0. The van der Waals surface area contributed by atoms with Crippen molar-refractivity contribution in [1.29, 1.82) is 0 Å². The van der Waals surface area contributed by atoms with Crippen molar-refractivity contribution in [2.75, 3.05) is 11.9 Å². The molecule has 2 aromatic heterocycles. The van der Waals surface area contributed by atoms with Crippen molar-refractivity contribution in [3.8, 4) is 11.3 Å². The van der Waals surface area contributed by atoms with Crippen LogP contribution in [0.25, 0.3) is 22.2 Å². The summed E-state index contributed by atoms with van der Waals surface area (Å²) < 4.78 is 30.1. The van der Waals surface area contributed by atoms with E-state index >= 15 is 0 Å². The topological polar surface area (TPSA) is 80.0 Å². The number of anilines is 1. The number of carbonyl (C=O) groups is 1. The Kier molecular flexibility index (Phi) is 5.28. The van der Waals surface area contributed by atoms with E-state index in [9.17, 15) is 18.7 Å². The summed E-state index contributed by atoms with van der Waals surface area (Å²) in [5.41, 5.74) is 3.72. The van der Waals surface area contributed by atoms with Crippen LogP contribution < -0.4 is 5.32 Å². The molecule has 6 nitrogen and oxygen atoms in total. The molecule has 0 radical (unpaired) electrons. The number of halogens is 2. The fourth-order valence-corrected chi connectivity index (χ4v) is 4.28. The normalized spacial score (nSPS) is 13.4. The van der Waals surface area contributed by atoms with Crippen LogP contribution in [0.15, 0.2) is 48.8 Å². The fraction of sp³-hybridized carbons (Fsp3) is 0.240. The molecule has 33 heavy (non-hydrogen) atoms. The van der Waals surface area contributed by atoms with Crippen molar-refractivity contribution in [3.05, 3.63) is 77.2 Å². The number of carboxylic acid groups (broad SMARTS) is 1. The number of nitrogens with one attached hydrogen (secondary N) is 1. The van der Waals surface area contributed by atoms with Crippen LogP contribution in [0.5, 0.6) is 0 Å². The maximum absolute atomic E-state index is 14.3. The number of hydrogen-bond acceptors (Lipinski definition) is 4. The molecule has 0 aliphatic heterocycles. The minimum atomic E-state index is -0.919. The van der Waals surface area contributed by atoms with Crippen molar-refractivity contribution in [1.82, 2.24) is 14.5 Å². The van der Waals surface area contributed by atoms with Crippen molar-refractivity contribution < 1.29 is 18.7 Å². The molecule has 8 heteroatoms. The molecule has 1 saturated carbocycles. The number of nitrogens with zero attached hydrogens (tertiary/aromatic N) is 3. The highest BCUT2D eigenvalue weighted by atomic mass is 19.1. The molecule has 4 aromatic rings. The fourth-order valence-electron chi connectivity index (χ4n) is 4.28. The molecule has 2 aromatic carbocycles. The predicted molar refractivity (Wildman–Crippen MR) is 121 cm³/mol.